The molecule has 0 amide bonds. The summed E-state index contributed by atoms with van der Waals surface area (Å²) in [6.07, 6.45) is -5.40. The van der Waals surface area contributed by atoms with Crippen molar-refractivity contribution in [3.63, 3.8) is 0 Å². The molecular weight excluding hydrogens is 144 g/mol. The third-order valence-corrected chi connectivity index (χ3v) is 0.605. The summed E-state index contributed by atoms with van der Waals surface area (Å²) in [5.74, 6) is 0. The molecular formula is C4H6F3NaO. The van der Waals surface area contributed by atoms with Gasteiger partial charge in [0, 0.05) is 6.42 Å². The topological polar surface area (TPSA) is 23.1 Å². The van der Waals surface area contributed by atoms with Crippen molar-refractivity contribution in [2.75, 3.05) is 6.61 Å². The largest absolute Gasteiger partial charge is 1.00 e. The Labute approximate surface area is 73.5 Å². The van der Waals surface area contributed by atoms with E-state index in [2.05, 4.69) is 0 Å². The molecule has 0 aliphatic rings. The van der Waals surface area contributed by atoms with Crippen LogP contribution in [0.5, 0.6) is 0 Å². The summed E-state index contributed by atoms with van der Waals surface area (Å²) in [6.45, 7) is -0.639. The Morgan fingerprint density at radius 3 is 1.78 bits per heavy atom. The van der Waals surface area contributed by atoms with E-state index in [0.29, 0.717) is 0 Å². The molecule has 0 aromatic rings. The third-order valence-electron chi connectivity index (χ3n) is 0.605. The van der Waals surface area contributed by atoms with Crippen LogP contribution >= 0.6 is 0 Å². The molecule has 0 aromatic carbocycles. The average Bonchev–Trinajstić information content (AvgIpc) is 1.59. The van der Waals surface area contributed by atoms with Gasteiger partial charge in [-0.05, 0) is 0 Å². The predicted molar refractivity (Wildman–Crippen MR) is 20.2 cm³/mol. The predicted octanol–water partition coefficient (Wildman–Crippen LogP) is -2.31. The number of hydrogen-bond acceptors (Lipinski definition) is 1. The van der Waals surface area contributed by atoms with Crippen molar-refractivity contribution in [1.82, 2.24) is 0 Å². The van der Waals surface area contributed by atoms with Gasteiger partial charge in [0.25, 0.3) is 0 Å². The van der Waals surface area contributed by atoms with E-state index in [-0.39, 0.29) is 36.0 Å². The van der Waals surface area contributed by atoms with Crippen LogP contribution in [0.3, 0.4) is 0 Å². The minimum absolute atomic E-state index is 0. The van der Waals surface area contributed by atoms with Crippen molar-refractivity contribution in [3.05, 3.63) is 0 Å². The Bertz CT molecular complexity index is 63.3. The van der Waals surface area contributed by atoms with Crippen LogP contribution in [0.2, 0.25) is 0 Å². The molecule has 0 bridgehead atoms. The Morgan fingerprint density at radius 1 is 1.22 bits per heavy atom. The zero-order chi connectivity index (χ0) is 6.62. The Morgan fingerprint density at radius 2 is 1.67 bits per heavy atom. The molecule has 0 radical (unpaired) electrons. The van der Waals surface area contributed by atoms with E-state index in [1.165, 1.54) is 0 Å². The summed E-state index contributed by atoms with van der Waals surface area (Å²) in [7, 11) is 0. The molecule has 0 heterocycles. The van der Waals surface area contributed by atoms with E-state index in [1.54, 1.807) is 0 Å². The fourth-order valence-corrected chi connectivity index (χ4v) is 0.273. The van der Waals surface area contributed by atoms with Crippen LogP contribution < -0.4 is 34.7 Å². The maximum atomic E-state index is 11.1. The summed E-state index contributed by atoms with van der Waals surface area (Å²) >= 11 is 0. The molecule has 50 valence electrons. The van der Waals surface area contributed by atoms with Crippen LogP contribution in [0.25, 0.3) is 0 Å². The number of alkyl halides is 3. The number of rotatable bonds is 2. The molecule has 0 spiro atoms. The van der Waals surface area contributed by atoms with Crippen LogP contribution in [-0.2, 0) is 0 Å². The first-order valence-corrected chi connectivity index (χ1v) is 2.21. The summed E-state index contributed by atoms with van der Waals surface area (Å²) in [4.78, 5) is 0. The Hall–Kier alpha value is 0.750. The van der Waals surface area contributed by atoms with Gasteiger partial charge in [0.05, 0.1) is 0 Å². The summed E-state index contributed by atoms with van der Waals surface area (Å²) in [5.41, 5.74) is 0. The van der Waals surface area contributed by atoms with Crippen molar-refractivity contribution in [3.8, 4) is 0 Å². The normalized spacial score (nSPS) is 10.7. The van der Waals surface area contributed by atoms with Crippen molar-refractivity contribution in [1.29, 1.82) is 0 Å². The summed E-state index contributed by atoms with van der Waals surface area (Å²) in [6, 6.07) is 0. The fraction of sp³-hybridized carbons (Fsp3) is 1.00. The van der Waals surface area contributed by atoms with Crippen molar-refractivity contribution >= 4 is 0 Å². The smallest absolute Gasteiger partial charge is 0.854 e. The van der Waals surface area contributed by atoms with E-state index in [4.69, 9.17) is 0 Å². The van der Waals surface area contributed by atoms with Gasteiger partial charge in [-0.2, -0.15) is 13.2 Å². The third kappa shape index (κ3) is 12.1. The molecule has 0 saturated carbocycles. The van der Waals surface area contributed by atoms with Crippen LogP contribution in [0.4, 0.5) is 13.2 Å². The van der Waals surface area contributed by atoms with Crippen molar-refractivity contribution in [2.24, 2.45) is 0 Å². The molecule has 1 nitrogen and oxygen atoms in total. The Balaban J connectivity index is 0. The molecule has 9 heavy (non-hydrogen) atoms. The molecule has 0 fully saturated rings. The summed E-state index contributed by atoms with van der Waals surface area (Å²) < 4.78 is 33.3. The first-order chi connectivity index (χ1) is 3.56. The Kier molecular flexibility index (Phi) is 7.63. The van der Waals surface area contributed by atoms with Gasteiger partial charge in [0.2, 0.25) is 0 Å². The van der Waals surface area contributed by atoms with E-state index in [0.717, 1.165) is 0 Å². The molecule has 0 N–H and O–H groups in total. The van der Waals surface area contributed by atoms with E-state index in [9.17, 15) is 18.3 Å². The molecule has 0 atom stereocenters. The first kappa shape index (κ1) is 12.4. The maximum Gasteiger partial charge on any atom is 1.00 e. The van der Waals surface area contributed by atoms with Crippen LogP contribution in [0.15, 0.2) is 0 Å². The van der Waals surface area contributed by atoms with E-state index < -0.39 is 19.2 Å². The number of halogens is 3. The van der Waals surface area contributed by atoms with Gasteiger partial charge in [0.15, 0.2) is 0 Å². The van der Waals surface area contributed by atoms with Gasteiger partial charge < -0.3 is 5.11 Å². The molecule has 0 aliphatic carbocycles. The van der Waals surface area contributed by atoms with Gasteiger partial charge in [-0.3, -0.25) is 0 Å². The minimum atomic E-state index is -4.15. The van der Waals surface area contributed by atoms with Crippen LogP contribution in [-0.4, -0.2) is 12.8 Å². The van der Waals surface area contributed by atoms with E-state index >= 15 is 0 Å². The quantitative estimate of drug-likeness (QED) is 0.406. The monoisotopic (exact) mass is 150 g/mol. The molecule has 0 saturated heterocycles. The second kappa shape index (κ2) is 5.53. The SMILES string of the molecule is [Na+].[O-]CCCC(F)(F)F. The zero-order valence-electron chi connectivity index (χ0n) is 5.16. The van der Waals surface area contributed by atoms with Gasteiger partial charge in [-0.15, -0.1) is 6.61 Å². The molecule has 0 aromatic heterocycles. The van der Waals surface area contributed by atoms with Gasteiger partial charge in [0.1, 0.15) is 0 Å². The van der Waals surface area contributed by atoms with E-state index in [1.807, 2.05) is 0 Å². The molecule has 0 aliphatic heterocycles. The van der Waals surface area contributed by atoms with Crippen molar-refractivity contribution in [2.45, 2.75) is 19.0 Å². The number of hydrogen-bond donors (Lipinski definition) is 0. The van der Waals surface area contributed by atoms with Gasteiger partial charge in [-0.25, -0.2) is 0 Å². The van der Waals surface area contributed by atoms with Crippen LogP contribution in [0, 0.1) is 0 Å². The zero-order valence-corrected chi connectivity index (χ0v) is 7.16. The minimum Gasteiger partial charge on any atom is -0.854 e. The van der Waals surface area contributed by atoms with Gasteiger partial charge >= 0.3 is 35.7 Å². The molecule has 0 rings (SSSR count). The fourth-order valence-electron chi connectivity index (χ4n) is 0.273. The molecule has 5 heteroatoms. The van der Waals surface area contributed by atoms with Gasteiger partial charge in [-0.1, -0.05) is 6.42 Å². The second-order valence-electron chi connectivity index (χ2n) is 1.42. The first-order valence-electron chi connectivity index (χ1n) is 2.21. The van der Waals surface area contributed by atoms with Crippen LogP contribution in [0.1, 0.15) is 12.8 Å². The summed E-state index contributed by atoms with van der Waals surface area (Å²) in [5, 5.41) is 9.48. The maximum absolute atomic E-state index is 11.1. The standard InChI is InChI=1S/C4H6F3O.Na/c5-4(6,7)2-1-3-8;/h1-3H2;/q-1;+1. The van der Waals surface area contributed by atoms with Crippen molar-refractivity contribution < 1.29 is 47.8 Å². The molecule has 0 unspecified atom stereocenters. The second-order valence-corrected chi connectivity index (χ2v) is 1.42. The average molecular weight is 150 g/mol.